The quantitative estimate of drug-likeness (QED) is 0.706. The minimum Gasteiger partial charge on any atom is -0.492 e. The Hall–Kier alpha value is -2.05. The lowest BCUT2D eigenvalue weighted by molar-refractivity contribution is -0.116. The molecule has 1 aromatic carbocycles. The van der Waals surface area contributed by atoms with Crippen LogP contribution >= 0.6 is 11.6 Å². The number of halogens is 1. The number of anilines is 1. The molecule has 1 N–H and O–H groups in total. The van der Waals surface area contributed by atoms with Crippen molar-refractivity contribution in [3.63, 3.8) is 0 Å². The summed E-state index contributed by atoms with van der Waals surface area (Å²) in [5.41, 5.74) is 0. The second-order valence-electron chi connectivity index (χ2n) is 5.70. The van der Waals surface area contributed by atoms with Gasteiger partial charge in [-0.25, -0.2) is 0 Å². The molecule has 0 aliphatic heterocycles. The summed E-state index contributed by atoms with van der Waals surface area (Å²) < 4.78 is 7.38. The summed E-state index contributed by atoms with van der Waals surface area (Å²) in [6.45, 7) is 2.12. The number of carbonyl (C=O) groups is 1. The number of para-hydroxylation sites is 1. The Kier molecular flexibility index (Phi) is 7.08. The molecule has 1 aromatic heterocycles. The summed E-state index contributed by atoms with van der Waals surface area (Å²) in [5, 5.41) is 7.69. The maximum Gasteiger partial charge on any atom is 0.225 e. The van der Waals surface area contributed by atoms with Crippen LogP contribution in [0.1, 0.15) is 12.8 Å². The highest BCUT2D eigenvalue weighted by atomic mass is 35.5. The molecule has 0 atom stereocenters. The van der Waals surface area contributed by atoms with Crippen LogP contribution in [0.5, 0.6) is 5.75 Å². The third-order valence-electron chi connectivity index (χ3n) is 3.33. The predicted octanol–water partition coefficient (Wildman–Crippen LogP) is 2.90. The van der Waals surface area contributed by atoms with Crippen LogP contribution in [-0.2, 0) is 11.3 Å². The molecule has 0 bridgehead atoms. The number of rotatable bonds is 9. The van der Waals surface area contributed by atoms with E-state index >= 15 is 0 Å². The van der Waals surface area contributed by atoms with Gasteiger partial charge in [-0.3, -0.25) is 9.48 Å². The van der Waals surface area contributed by atoms with Crippen molar-refractivity contribution in [1.29, 1.82) is 0 Å². The zero-order valence-corrected chi connectivity index (χ0v) is 14.8. The minimum atomic E-state index is -0.0735. The van der Waals surface area contributed by atoms with Crippen LogP contribution in [0.3, 0.4) is 0 Å². The molecule has 0 aliphatic rings. The molecule has 0 saturated heterocycles. The van der Waals surface area contributed by atoms with E-state index in [0.717, 1.165) is 13.1 Å². The summed E-state index contributed by atoms with van der Waals surface area (Å²) in [7, 11) is 4.02. The van der Waals surface area contributed by atoms with Crippen molar-refractivity contribution < 1.29 is 9.53 Å². The second-order valence-corrected chi connectivity index (χ2v) is 6.11. The van der Waals surface area contributed by atoms with Crippen molar-refractivity contribution in [3.05, 3.63) is 41.6 Å². The first-order valence-corrected chi connectivity index (χ1v) is 8.28. The first-order chi connectivity index (χ1) is 11.5. The molecule has 0 saturated carbocycles. The maximum absolute atomic E-state index is 11.9. The highest BCUT2D eigenvalue weighted by Gasteiger charge is 2.06. The molecule has 1 amide bonds. The first kappa shape index (κ1) is 18.3. The Morgan fingerprint density at radius 1 is 1.33 bits per heavy atom. The number of hydrogen-bond donors (Lipinski definition) is 1. The van der Waals surface area contributed by atoms with E-state index in [9.17, 15) is 4.79 Å². The number of aromatic nitrogens is 2. The van der Waals surface area contributed by atoms with Gasteiger partial charge in [-0.05, 0) is 32.6 Å². The summed E-state index contributed by atoms with van der Waals surface area (Å²) in [4.78, 5) is 14.0. The number of carbonyl (C=O) groups excluding carboxylic acids is 1. The highest BCUT2D eigenvalue weighted by molar-refractivity contribution is 6.32. The van der Waals surface area contributed by atoms with E-state index in [2.05, 4.69) is 15.3 Å². The van der Waals surface area contributed by atoms with Gasteiger partial charge in [0.2, 0.25) is 5.91 Å². The van der Waals surface area contributed by atoms with Gasteiger partial charge in [0, 0.05) is 25.2 Å². The van der Waals surface area contributed by atoms with E-state index in [1.807, 2.05) is 43.2 Å². The van der Waals surface area contributed by atoms with E-state index in [4.69, 9.17) is 16.3 Å². The van der Waals surface area contributed by atoms with Crippen LogP contribution in [0, 0.1) is 0 Å². The van der Waals surface area contributed by atoms with Crippen LogP contribution < -0.4 is 10.1 Å². The second kappa shape index (κ2) is 9.30. The van der Waals surface area contributed by atoms with Crippen LogP contribution in [0.2, 0.25) is 5.02 Å². The van der Waals surface area contributed by atoms with Crippen molar-refractivity contribution in [2.75, 3.05) is 32.6 Å². The van der Waals surface area contributed by atoms with Gasteiger partial charge in [0.15, 0.2) is 5.82 Å². The van der Waals surface area contributed by atoms with Gasteiger partial charge in [-0.15, -0.1) is 0 Å². The molecule has 0 fully saturated rings. The minimum absolute atomic E-state index is 0.0735. The average Bonchev–Trinajstić information content (AvgIpc) is 2.98. The van der Waals surface area contributed by atoms with Crippen molar-refractivity contribution in [2.24, 2.45) is 0 Å². The Morgan fingerprint density at radius 2 is 2.12 bits per heavy atom. The monoisotopic (exact) mass is 350 g/mol. The largest absolute Gasteiger partial charge is 0.492 e. The molecule has 7 heteroatoms. The van der Waals surface area contributed by atoms with Gasteiger partial charge in [-0.1, -0.05) is 23.7 Å². The number of nitrogens with zero attached hydrogens (tertiary/aromatic N) is 3. The Balaban J connectivity index is 1.67. The normalized spacial score (nSPS) is 10.8. The molecule has 6 nitrogen and oxygen atoms in total. The predicted molar refractivity (Wildman–Crippen MR) is 95.6 cm³/mol. The summed E-state index contributed by atoms with van der Waals surface area (Å²) in [5.74, 6) is 1.14. The molecule has 24 heavy (non-hydrogen) atoms. The van der Waals surface area contributed by atoms with E-state index < -0.39 is 0 Å². The number of ether oxygens (including phenoxy) is 1. The molecule has 130 valence electrons. The fourth-order valence-electron chi connectivity index (χ4n) is 2.04. The lowest BCUT2D eigenvalue weighted by Crippen LogP contribution is -2.19. The SMILES string of the molecule is CN(C)CCn1ccc(NC(=O)CCCOc2ccccc2Cl)n1. The van der Waals surface area contributed by atoms with Crippen molar-refractivity contribution in [2.45, 2.75) is 19.4 Å². The van der Waals surface area contributed by atoms with Gasteiger partial charge in [0.05, 0.1) is 18.2 Å². The molecule has 0 radical (unpaired) electrons. The van der Waals surface area contributed by atoms with Crippen LogP contribution in [-0.4, -0.2) is 47.8 Å². The zero-order valence-electron chi connectivity index (χ0n) is 14.0. The van der Waals surface area contributed by atoms with Crippen molar-refractivity contribution >= 4 is 23.3 Å². The molecule has 2 aromatic rings. The topological polar surface area (TPSA) is 59.4 Å². The fraction of sp³-hybridized carbons (Fsp3) is 0.412. The highest BCUT2D eigenvalue weighted by Crippen LogP contribution is 2.23. The maximum atomic E-state index is 11.9. The molecular formula is C17H23ClN4O2. The number of likely N-dealkylation sites (N-methyl/N-ethyl adjacent to an activating group) is 1. The Bertz CT molecular complexity index is 658. The van der Waals surface area contributed by atoms with E-state index in [-0.39, 0.29) is 5.91 Å². The summed E-state index contributed by atoms with van der Waals surface area (Å²) in [6.07, 6.45) is 2.84. The Labute approximate surface area is 147 Å². The van der Waals surface area contributed by atoms with E-state index in [1.165, 1.54) is 0 Å². The average molecular weight is 351 g/mol. The molecule has 0 unspecified atom stereocenters. The Morgan fingerprint density at radius 3 is 2.88 bits per heavy atom. The van der Waals surface area contributed by atoms with Gasteiger partial charge >= 0.3 is 0 Å². The van der Waals surface area contributed by atoms with Crippen LogP contribution in [0.25, 0.3) is 0 Å². The molecule has 2 rings (SSSR count). The van der Waals surface area contributed by atoms with E-state index in [1.54, 1.807) is 12.1 Å². The molecule has 1 heterocycles. The number of amides is 1. The van der Waals surface area contributed by atoms with Crippen molar-refractivity contribution in [3.8, 4) is 5.75 Å². The number of nitrogens with one attached hydrogen (secondary N) is 1. The van der Waals surface area contributed by atoms with E-state index in [0.29, 0.717) is 36.0 Å². The molecule has 0 spiro atoms. The fourth-order valence-corrected chi connectivity index (χ4v) is 2.23. The lowest BCUT2D eigenvalue weighted by Gasteiger charge is -2.09. The molecule has 0 aliphatic carbocycles. The number of benzene rings is 1. The molecular weight excluding hydrogens is 328 g/mol. The van der Waals surface area contributed by atoms with Crippen LogP contribution in [0.4, 0.5) is 5.82 Å². The van der Waals surface area contributed by atoms with Crippen LogP contribution in [0.15, 0.2) is 36.5 Å². The van der Waals surface area contributed by atoms with Gasteiger partial charge in [0.1, 0.15) is 5.75 Å². The van der Waals surface area contributed by atoms with Gasteiger partial charge in [0.25, 0.3) is 0 Å². The van der Waals surface area contributed by atoms with Gasteiger partial charge in [-0.2, -0.15) is 5.10 Å². The lowest BCUT2D eigenvalue weighted by atomic mass is 10.3. The van der Waals surface area contributed by atoms with Gasteiger partial charge < -0.3 is 15.0 Å². The third kappa shape index (κ3) is 6.22. The zero-order chi connectivity index (χ0) is 17.4. The van der Waals surface area contributed by atoms with Crippen molar-refractivity contribution in [1.82, 2.24) is 14.7 Å². The number of hydrogen-bond acceptors (Lipinski definition) is 4. The first-order valence-electron chi connectivity index (χ1n) is 7.90. The summed E-state index contributed by atoms with van der Waals surface area (Å²) >= 11 is 6.00. The summed E-state index contributed by atoms with van der Waals surface area (Å²) in [6, 6.07) is 9.09. The smallest absolute Gasteiger partial charge is 0.225 e. The third-order valence-corrected chi connectivity index (χ3v) is 3.64. The standard InChI is InChI=1S/C17H23ClN4O2/c1-21(2)11-12-22-10-9-16(20-22)19-17(23)8-5-13-24-15-7-4-3-6-14(15)18/h3-4,6-7,9-10H,5,8,11-13H2,1-2H3,(H,19,20,23).